The number of hydrogen-bond acceptors (Lipinski definition) is 0. The Morgan fingerprint density at radius 1 is 0.284 bits per heavy atom. The van der Waals surface area contributed by atoms with E-state index in [1.807, 2.05) is 0 Å². The predicted octanol–water partition coefficient (Wildman–Crippen LogP) is 18.1. The van der Waals surface area contributed by atoms with Gasteiger partial charge in [-0.15, -0.1) is 0 Å². The highest BCUT2D eigenvalue weighted by Gasteiger charge is 2.44. The van der Waals surface area contributed by atoms with Crippen LogP contribution in [0.2, 0.25) is 0 Å². The number of benzene rings is 10. The Bertz CT molecular complexity index is 5010. The maximum Gasteiger partial charge on any atom is 0.253 e. The molecule has 0 N–H and O–H groups in total. The molecule has 0 aliphatic carbocycles. The van der Waals surface area contributed by atoms with Crippen LogP contribution in [-0.4, -0.2) is 25.0 Å². The molecule has 0 radical (unpaired) electrons. The van der Waals surface area contributed by atoms with Gasteiger partial charge in [-0.2, -0.15) is 0 Å². The van der Waals surface area contributed by atoms with E-state index < -0.39 is 0 Å². The summed E-state index contributed by atoms with van der Waals surface area (Å²) in [7, 11) is 0. The van der Waals surface area contributed by atoms with Crippen LogP contribution in [0.3, 0.4) is 0 Å². The Balaban J connectivity index is 1.05. The average Bonchev–Trinajstić information content (AvgIpc) is 1.92. The number of fused-ring (bicyclic) bond motifs is 17. The Morgan fingerprint density at radius 2 is 0.728 bits per heavy atom. The summed E-state index contributed by atoms with van der Waals surface area (Å²) in [5.41, 5.74) is 26.7. The monoisotopic (exact) mass is 1050 g/mol. The molecule has 16 rings (SSSR count). The summed E-state index contributed by atoms with van der Waals surface area (Å²) in [6, 6.07) is 73.2. The van der Waals surface area contributed by atoms with Crippen molar-refractivity contribution in [1.29, 1.82) is 0 Å². The van der Waals surface area contributed by atoms with Gasteiger partial charge in [0.1, 0.15) is 0 Å². The van der Waals surface area contributed by atoms with E-state index in [1.165, 1.54) is 148 Å². The van der Waals surface area contributed by atoms with Gasteiger partial charge in [0.15, 0.2) is 0 Å². The molecular weight excluding hydrogens is 980 g/mol. The minimum Gasteiger partial charge on any atom is -0.310 e. The highest BCUT2D eigenvalue weighted by Crippen LogP contribution is 2.46. The third-order valence-electron chi connectivity index (χ3n) is 18.7. The molecular formula is C76H67BN4. The van der Waals surface area contributed by atoms with Crippen LogP contribution in [0.25, 0.3) is 121 Å². The third-order valence-corrected chi connectivity index (χ3v) is 18.7. The molecule has 0 amide bonds. The van der Waals surface area contributed by atoms with Gasteiger partial charge in [-0.3, -0.25) is 0 Å². The molecule has 4 nitrogen and oxygen atoms in total. The van der Waals surface area contributed by atoms with Crippen LogP contribution < -0.4 is 16.4 Å². The largest absolute Gasteiger partial charge is 0.310 e. The summed E-state index contributed by atoms with van der Waals surface area (Å²) in [4.78, 5) is 0. The van der Waals surface area contributed by atoms with E-state index >= 15 is 0 Å². The SMILES string of the molecule is CC(C)(C)c1ccc2c(c1)c1cc(C(C)(C)C)ccc1n2-c1cccc(-n2c3ccccc3c3c4c5c(cc32)c2ccccc2n5-c2cc(-c3ccccc3)cc3c2B4c2cc(C(C)(C)C)cc4c5cc(C(C)(C)C)ccc5n-3c24)c1. The number of hydrogen-bond donors (Lipinski definition) is 0. The van der Waals surface area contributed by atoms with Gasteiger partial charge in [0, 0.05) is 71.4 Å². The van der Waals surface area contributed by atoms with Gasteiger partial charge < -0.3 is 18.3 Å². The van der Waals surface area contributed by atoms with E-state index in [-0.39, 0.29) is 28.4 Å². The van der Waals surface area contributed by atoms with Gasteiger partial charge in [0.05, 0.1) is 38.6 Å². The summed E-state index contributed by atoms with van der Waals surface area (Å²) in [6.07, 6.45) is 0. The molecule has 4 aromatic heterocycles. The molecule has 0 saturated carbocycles. The summed E-state index contributed by atoms with van der Waals surface area (Å²) in [6.45, 7) is 28.0. The zero-order chi connectivity index (χ0) is 55.6. The first-order chi connectivity index (χ1) is 38.7. The van der Waals surface area contributed by atoms with Gasteiger partial charge >= 0.3 is 0 Å². The van der Waals surface area contributed by atoms with E-state index in [0.29, 0.717) is 0 Å². The zero-order valence-corrected chi connectivity index (χ0v) is 48.8. The van der Waals surface area contributed by atoms with Crippen LogP contribution in [0, 0.1) is 0 Å². The fourth-order valence-electron chi connectivity index (χ4n) is 14.5. The molecule has 0 bridgehead atoms. The van der Waals surface area contributed by atoms with Crippen molar-refractivity contribution in [1.82, 2.24) is 18.3 Å². The Labute approximate surface area is 474 Å². The van der Waals surface area contributed by atoms with Crippen molar-refractivity contribution in [3.63, 3.8) is 0 Å². The highest BCUT2D eigenvalue weighted by atomic mass is 15.0. The predicted molar refractivity (Wildman–Crippen MR) is 349 cm³/mol. The lowest BCUT2D eigenvalue weighted by atomic mass is 9.33. The van der Waals surface area contributed by atoms with Crippen LogP contribution in [-0.2, 0) is 21.7 Å². The van der Waals surface area contributed by atoms with Crippen LogP contribution in [0.15, 0.2) is 188 Å². The second kappa shape index (κ2) is 16.1. The Morgan fingerprint density at radius 3 is 1.30 bits per heavy atom. The summed E-state index contributed by atoms with van der Waals surface area (Å²) < 4.78 is 10.4. The van der Waals surface area contributed by atoms with E-state index in [1.54, 1.807) is 0 Å². The van der Waals surface area contributed by atoms with E-state index in [2.05, 4.69) is 289 Å². The third kappa shape index (κ3) is 6.72. The smallest absolute Gasteiger partial charge is 0.253 e. The fourth-order valence-corrected chi connectivity index (χ4v) is 14.5. The van der Waals surface area contributed by atoms with Crippen molar-refractivity contribution in [3.05, 3.63) is 210 Å². The summed E-state index contributed by atoms with van der Waals surface area (Å²) in [5.74, 6) is 0. The number of nitrogens with zero attached hydrogens (tertiary/aromatic N) is 4. The van der Waals surface area contributed by atoms with E-state index in [4.69, 9.17) is 0 Å². The molecule has 2 aliphatic rings. The molecule has 81 heavy (non-hydrogen) atoms. The Kier molecular flexibility index (Phi) is 9.62. The maximum atomic E-state index is 2.66. The van der Waals surface area contributed by atoms with Gasteiger partial charge in [0.25, 0.3) is 6.71 Å². The highest BCUT2D eigenvalue weighted by molar-refractivity contribution is 7.02. The quantitative estimate of drug-likeness (QED) is 0.157. The lowest BCUT2D eigenvalue weighted by Gasteiger charge is -2.35. The van der Waals surface area contributed by atoms with Gasteiger partial charge in [0.2, 0.25) is 0 Å². The van der Waals surface area contributed by atoms with E-state index in [9.17, 15) is 0 Å². The Hall–Kier alpha value is -8.54. The molecule has 0 spiro atoms. The van der Waals surface area contributed by atoms with Crippen molar-refractivity contribution in [2.75, 3.05) is 0 Å². The molecule has 0 atom stereocenters. The molecule has 5 heteroatoms. The molecule has 14 aromatic rings. The van der Waals surface area contributed by atoms with Crippen molar-refractivity contribution in [3.8, 4) is 33.9 Å². The van der Waals surface area contributed by atoms with Crippen molar-refractivity contribution in [2.24, 2.45) is 0 Å². The first kappa shape index (κ1) is 48.4. The molecule has 0 fully saturated rings. The van der Waals surface area contributed by atoms with E-state index in [0.717, 1.165) is 11.4 Å². The second-order valence-electron chi connectivity index (χ2n) is 27.9. The summed E-state index contributed by atoms with van der Waals surface area (Å²) in [5, 5.41) is 10.4. The van der Waals surface area contributed by atoms with Gasteiger partial charge in [-0.1, -0.05) is 180 Å². The molecule has 394 valence electrons. The first-order valence-corrected chi connectivity index (χ1v) is 29.3. The van der Waals surface area contributed by atoms with Crippen LogP contribution in [0.5, 0.6) is 0 Å². The standard InChI is InChI=1S/C76H67BN4/c1-73(2,3)46-29-32-62-54(37-46)55-38-47(74(4,5)6)30-33-63(55)78(62)50-23-20-24-51(42-50)79-61-28-19-17-26-53(61)68-65(79)43-58-52-25-16-18-27-60(52)81-67-36-45(44-21-14-13-15-22-44)35-66-69(67)77(70(68)72(58)81)59-41-49(76(10,11)12)40-57-56-39-48(75(7,8)9)31-34-64(56)80(66)71(57)59/h13-43H,1-12H3. The average molecular weight is 1050 g/mol. The first-order valence-electron chi connectivity index (χ1n) is 29.3. The lowest BCUT2D eigenvalue weighted by Crippen LogP contribution is -2.59. The second-order valence-corrected chi connectivity index (χ2v) is 27.9. The lowest BCUT2D eigenvalue weighted by molar-refractivity contribution is 0.590. The number of aromatic nitrogens is 4. The normalized spacial score (nSPS) is 13.7. The number of para-hydroxylation sites is 2. The molecule has 0 saturated heterocycles. The zero-order valence-electron chi connectivity index (χ0n) is 48.8. The van der Waals surface area contributed by atoms with Crippen molar-refractivity contribution in [2.45, 2.75) is 105 Å². The minimum absolute atomic E-state index is 0.0140. The fraction of sp³-hybridized carbons (Fsp3) is 0.211. The summed E-state index contributed by atoms with van der Waals surface area (Å²) >= 11 is 0. The van der Waals surface area contributed by atoms with Crippen LogP contribution >= 0.6 is 0 Å². The maximum absolute atomic E-state index is 2.66. The van der Waals surface area contributed by atoms with Crippen molar-refractivity contribution < 1.29 is 0 Å². The molecule has 10 aromatic carbocycles. The molecule has 6 heterocycles. The number of rotatable bonds is 3. The minimum atomic E-state index is -0.104. The van der Waals surface area contributed by atoms with Crippen LogP contribution in [0.1, 0.15) is 105 Å². The topological polar surface area (TPSA) is 19.7 Å². The molecule has 0 unspecified atom stereocenters. The van der Waals surface area contributed by atoms with Crippen molar-refractivity contribution >= 4 is 110 Å². The van der Waals surface area contributed by atoms with Gasteiger partial charge in [-0.05, 0) is 162 Å². The van der Waals surface area contributed by atoms with Crippen LogP contribution in [0.4, 0.5) is 0 Å². The van der Waals surface area contributed by atoms with Gasteiger partial charge in [-0.25, -0.2) is 0 Å². The molecule has 2 aliphatic heterocycles.